The fourth-order valence-corrected chi connectivity index (χ4v) is 3.53. The highest BCUT2D eigenvalue weighted by atomic mass is 32.1. The normalized spacial score (nSPS) is 14.3. The van der Waals surface area contributed by atoms with E-state index < -0.39 is 0 Å². The van der Waals surface area contributed by atoms with E-state index in [1.165, 1.54) is 30.0 Å². The van der Waals surface area contributed by atoms with Gasteiger partial charge in [0.15, 0.2) is 5.01 Å². The molecule has 21 heavy (non-hydrogen) atoms. The van der Waals surface area contributed by atoms with Crippen molar-refractivity contribution in [2.45, 2.75) is 32.7 Å². The number of unbranched alkanes of at least 4 members (excludes halogenated alkanes) is 1. The Hall–Kier alpha value is -1.63. The Morgan fingerprint density at radius 3 is 2.90 bits per heavy atom. The number of hydrogen-bond acceptors (Lipinski definition) is 3. The summed E-state index contributed by atoms with van der Waals surface area (Å²) in [5.74, 6) is 6.41. The van der Waals surface area contributed by atoms with Gasteiger partial charge in [0.1, 0.15) is 0 Å². The first-order valence-electron chi connectivity index (χ1n) is 7.63. The van der Waals surface area contributed by atoms with Gasteiger partial charge in [-0.05, 0) is 31.0 Å². The third-order valence-corrected chi connectivity index (χ3v) is 4.72. The van der Waals surface area contributed by atoms with Crippen LogP contribution < -0.4 is 0 Å². The molecule has 1 aliphatic heterocycles. The van der Waals surface area contributed by atoms with Crippen LogP contribution in [-0.2, 0) is 13.0 Å². The van der Waals surface area contributed by atoms with E-state index in [4.69, 9.17) is 4.98 Å². The van der Waals surface area contributed by atoms with E-state index in [1.54, 1.807) is 11.3 Å². The minimum atomic E-state index is 0.959. The number of benzene rings is 1. The molecule has 0 unspecified atom stereocenters. The second-order valence-corrected chi connectivity index (χ2v) is 6.47. The van der Waals surface area contributed by atoms with Crippen molar-refractivity contribution in [3.05, 3.63) is 51.5 Å². The summed E-state index contributed by atoms with van der Waals surface area (Å²) in [5.41, 5.74) is 2.32. The third kappa shape index (κ3) is 3.72. The summed E-state index contributed by atoms with van der Waals surface area (Å²) >= 11 is 1.77. The van der Waals surface area contributed by atoms with Crippen LogP contribution in [0, 0.1) is 11.8 Å². The number of thiazole rings is 1. The summed E-state index contributed by atoms with van der Waals surface area (Å²) in [6, 6.07) is 10.1. The molecule has 1 aliphatic rings. The predicted octanol–water partition coefficient (Wildman–Crippen LogP) is 3.70. The first-order chi connectivity index (χ1) is 10.3. The SMILES string of the molecule is CCCCN1CCc2nc(C#Cc3ccccc3)sc2C1. The van der Waals surface area contributed by atoms with E-state index in [1.807, 2.05) is 30.3 Å². The fourth-order valence-electron chi connectivity index (χ4n) is 2.52. The molecule has 3 heteroatoms. The number of fused-ring (bicyclic) bond motifs is 1. The van der Waals surface area contributed by atoms with Crippen LogP contribution in [-0.4, -0.2) is 23.0 Å². The van der Waals surface area contributed by atoms with Gasteiger partial charge in [0.25, 0.3) is 0 Å². The lowest BCUT2D eigenvalue weighted by Crippen LogP contribution is -2.30. The smallest absolute Gasteiger partial charge is 0.167 e. The first kappa shape index (κ1) is 14.3. The van der Waals surface area contributed by atoms with Gasteiger partial charge in [0, 0.05) is 30.0 Å². The summed E-state index contributed by atoms with van der Waals surface area (Å²) in [6.45, 7) is 5.65. The molecule has 0 atom stereocenters. The Morgan fingerprint density at radius 2 is 2.10 bits per heavy atom. The predicted molar refractivity (Wildman–Crippen MR) is 88.4 cm³/mol. The van der Waals surface area contributed by atoms with Gasteiger partial charge in [-0.3, -0.25) is 4.90 Å². The van der Waals surface area contributed by atoms with Crippen molar-refractivity contribution in [2.24, 2.45) is 0 Å². The van der Waals surface area contributed by atoms with Crippen LogP contribution in [0.5, 0.6) is 0 Å². The Morgan fingerprint density at radius 1 is 1.24 bits per heavy atom. The van der Waals surface area contributed by atoms with Crippen molar-refractivity contribution < 1.29 is 0 Å². The summed E-state index contributed by atoms with van der Waals surface area (Å²) in [5, 5.41) is 0.959. The van der Waals surface area contributed by atoms with E-state index in [0.717, 1.165) is 30.1 Å². The molecule has 2 aromatic rings. The van der Waals surface area contributed by atoms with Crippen LogP contribution in [0.15, 0.2) is 30.3 Å². The molecule has 0 radical (unpaired) electrons. The van der Waals surface area contributed by atoms with Crippen molar-refractivity contribution in [2.75, 3.05) is 13.1 Å². The molecule has 0 spiro atoms. The maximum Gasteiger partial charge on any atom is 0.167 e. The number of nitrogens with zero attached hydrogens (tertiary/aromatic N) is 2. The summed E-state index contributed by atoms with van der Waals surface area (Å²) in [4.78, 5) is 8.65. The van der Waals surface area contributed by atoms with Crippen molar-refractivity contribution >= 4 is 11.3 Å². The quantitative estimate of drug-likeness (QED) is 0.803. The molecule has 2 nitrogen and oxygen atoms in total. The van der Waals surface area contributed by atoms with Crippen molar-refractivity contribution in [3.8, 4) is 11.8 Å². The zero-order chi connectivity index (χ0) is 14.5. The highest BCUT2D eigenvalue weighted by molar-refractivity contribution is 7.12. The maximum atomic E-state index is 4.70. The van der Waals surface area contributed by atoms with Crippen LogP contribution in [0.1, 0.15) is 40.9 Å². The van der Waals surface area contributed by atoms with E-state index in [0.29, 0.717) is 0 Å². The van der Waals surface area contributed by atoms with E-state index >= 15 is 0 Å². The molecule has 0 amide bonds. The van der Waals surface area contributed by atoms with Crippen LogP contribution in [0.3, 0.4) is 0 Å². The van der Waals surface area contributed by atoms with Gasteiger partial charge in [-0.15, -0.1) is 11.3 Å². The van der Waals surface area contributed by atoms with Crippen molar-refractivity contribution in [1.29, 1.82) is 0 Å². The summed E-state index contributed by atoms with van der Waals surface area (Å²) in [6.07, 6.45) is 3.62. The Bertz CT molecular complexity index is 649. The Kier molecular flexibility index (Phi) is 4.69. The lowest BCUT2D eigenvalue weighted by atomic mass is 10.1. The Balaban J connectivity index is 1.71. The van der Waals surface area contributed by atoms with Crippen LogP contribution >= 0.6 is 11.3 Å². The minimum absolute atomic E-state index is 0.959. The molecule has 108 valence electrons. The molecule has 2 heterocycles. The van der Waals surface area contributed by atoms with Gasteiger partial charge in [-0.1, -0.05) is 37.5 Å². The van der Waals surface area contributed by atoms with Gasteiger partial charge in [0.2, 0.25) is 0 Å². The van der Waals surface area contributed by atoms with Crippen LogP contribution in [0.4, 0.5) is 0 Å². The highest BCUT2D eigenvalue weighted by Crippen LogP contribution is 2.24. The first-order valence-corrected chi connectivity index (χ1v) is 8.45. The van der Waals surface area contributed by atoms with Gasteiger partial charge >= 0.3 is 0 Å². The summed E-state index contributed by atoms with van der Waals surface area (Å²) < 4.78 is 0. The molecule has 0 bridgehead atoms. The fraction of sp³-hybridized carbons (Fsp3) is 0.389. The molecular formula is C18H20N2S. The molecular weight excluding hydrogens is 276 g/mol. The average Bonchev–Trinajstić information content (AvgIpc) is 2.94. The van der Waals surface area contributed by atoms with Crippen LogP contribution in [0.25, 0.3) is 0 Å². The van der Waals surface area contributed by atoms with E-state index in [-0.39, 0.29) is 0 Å². The number of rotatable bonds is 3. The molecule has 0 aliphatic carbocycles. The monoisotopic (exact) mass is 296 g/mol. The molecule has 0 saturated heterocycles. The molecule has 1 aromatic heterocycles. The van der Waals surface area contributed by atoms with Gasteiger partial charge in [-0.2, -0.15) is 0 Å². The third-order valence-electron chi connectivity index (χ3n) is 3.73. The molecule has 1 aromatic carbocycles. The zero-order valence-electron chi connectivity index (χ0n) is 12.4. The number of aromatic nitrogens is 1. The highest BCUT2D eigenvalue weighted by Gasteiger charge is 2.19. The van der Waals surface area contributed by atoms with Gasteiger partial charge in [-0.25, -0.2) is 4.98 Å². The van der Waals surface area contributed by atoms with Gasteiger partial charge < -0.3 is 0 Å². The average molecular weight is 296 g/mol. The second-order valence-electron chi connectivity index (χ2n) is 5.38. The molecule has 3 rings (SSSR count). The van der Waals surface area contributed by atoms with E-state index in [9.17, 15) is 0 Å². The zero-order valence-corrected chi connectivity index (χ0v) is 13.2. The van der Waals surface area contributed by atoms with E-state index in [2.05, 4.69) is 23.7 Å². The summed E-state index contributed by atoms with van der Waals surface area (Å²) in [7, 11) is 0. The van der Waals surface area contributed by atoms with Crippen molar-refractivity contribution in [1.82, 2.24) is 9.88 Å². The van der Waals surface area contributed by atoms with Crippen molar-refractivity contribution in [3.63, 3.8) is 0 Å². The Labute approximate surface area is 130 Å². The topological polar surface area (TPSA) is 16.1 Å². The number of hydrogen-bond donors (Lipinski definition) is 0. The lowest BCUT2D eigenvalue weighted by molar-refractivity contribution is 0.252. The molecule has 0 fully saturated rings. The second kappa shape index (κ2) is 6.89. The lowest BCUT2D eigenvalue weighted by Gasteiger charge is -2.25. The van der Waals surface area contributed by atoms with Gasteiger partial charge in [0.05, 0.1) is 5.69 Å². The standard InChI is InChI=1S/C18H20N2S/c1-2-3-12-20-13-11-16-17(14-20)21-18(19-16)10-9-15-7-5-4-6-8-15/h4-8H,2-3,11-14H2,1H3. The maximum absolute atomic E-state index is 4.70. The largest absolute Gasteiger partial charge is 0.298 e. The minimum Gasteiger partial charge on any atom is -0.298 e. The molecule has 0 N–H and O–H groups in total. The molecule has 0 saturated carbocycles. The van der Waals surface area contributed by atoms with Crippen LogP contribution in [0.2, 0.25) is 0 Å².